The van der Waals surface area contributed by atoms with E-state index >= 15 is 0 Å². The Bertz CT molecular complexity index is 564. The Morgan fingerprint density at radius 1 is 1.23 bits per heavy atom. The number of nitriles is 1. The summed E-state index contributed by atoms with van der Waals surface area (Å²) in [6.45, 7) is 0. The van der Waals surface area contributed by atoms with E-state index in [-0.39, 0.29) is 24.4 Å². The molecule has 0 amide bonds. The van der Waals surface area contributed by atoms with Crippen LogP contribution in [-0.2, 0) is 16.0 Å². The Morgan fingerprint density at radius 3 is 2.64 bits per heavy atom. The van der Waals surface area contributed by atoms with Gasteiger partial charge in [-0.1, -0.05) is 12.5 Å². The Kier molecular flexibility index (Phi) is 5.65. The van der Waals surface area contributed by atoms with Gasteiger partial charge in [-0.3, -0.25) is 4.79 Å². The highest BCUT2D eigenvalue weighted by Gasteiger charge is 2.28. The SMILES string of the molecule is COc1ccc(CC(=O)O[C@@H]2CCCC[C@@H]2C#N)cc1OC. The predicted molar refractivity (Wildman–Crippen MR) is 80.7 cm³/mol. The van der Waals surface area contributed by atoms with E-state index in [1.54, 1.807) is 26.4 Å². The number of methoxy groups -OCH3 is 2. The molecular weight excluding hydrogens is 282 g/mol. The van der Waals surface area contributed by atoms with Crippen LogP contribution in [0.5, 0.6) is 11.5 Å². The van der Waals surface area contributed by atoms with Crippen LogP contribution in [0.2, 0.25) is 0 Å². The minimum Gasteiger partial charge on any atom is -0.493 e. The average molecular weight is 303 g/mol. The zero-order valence-electron chi connectivity index (χ0n) is 13.0. The minimum absolute atomic E-state index is 0.162. The highest BCUT2D eigenvalue weighted by molar-refractivity contribution is 5.73. The van der Waals surface area contributed by atoms with Gasteiger partial charge in [0.25, 0.3) is 0 Å². The normalized spacial score (nSPS) is 20.8. The van der Waals surface area contributed by atoms with Gasteiger partial charge in [-0.2, -0.15) is 5.26 Å². The largest absolute Gasteiger partial charge is 0.493 e. The van der Waals surface area contributed by atoms with Crippen LogP contribution in [0.4, 0.5) is 0 Å². The van der Waals surface area contributed by atoms with Crippen molar-refractivity contribution in [3.8, 4) is 17.6 Å². The van der Waals surface area contributed by atoms with E-state index in [0.717, 1.165) is 31.2 Å². The molecule has 2 rings (SSSR count). The first-order chi connectivity index (χ1) is 10.7. The van der Waals surface area contributed by atoms with E-state index < -0.39 is 0 Å². The number of benzene rings is 1. The van der Waals surface area contributed by atoms with Crippen LogP contribution in [0.15, 0.2) is 18.2 Å². The Labute approximate surface area is 130 Å². The molecule has 0 radical (unpaired) electrons. The fourth-order valence-corrected chi connectivity index (χ4v) is 2.75. The molecule has 0 spiro atoms. The number of carbonyl (C=O) groups is 1. The zero-order valence-corrected chi connectivity index (χ0v) is 13.0. The van der Waals surface area contributed by atoms with Gasteiger partial charge in [0.15, 0.2) is 11.5 Å². The summed E-state index contributed by atoms with van der Waals surface area (Å²) in [5.41, 5.74) is 0.798. The Morgan fingerprint density at radius 2 is 1.95 bits per heavy atom. The molecule has 5 heteroatoms. The lowest BCUT2D eigenvalue weighted by molar-refractivity contribution is -0.151. The number of nitrogens with zero attached hydrogens (tertiary/aromatic N) is 1. The van der Waals surface area contributed by atoms with E-state index in [1.807, 2.05) is 6.07 Å². The lowest BCUT2D eigenvalue weighted by Crippen LogP contribution is -2.29. The van der Waals surface area contributed by atoms with Gasteiger partial charge in [-0.05, 0) is 37.0 Å². The van der Waals surface area contributed by atoms with Gasteiger partial charge in [0.05, 0.1) is 32.6 Å². The molecule has 0 bridgehead atoms. The summed E-state index contributed by atoms with van der Waals surface area (Å²) >= 11 is 0. The van der Waals surface area contributed by atoms with Crippen LogP contribution in [0, 0.1) is 17.2 Å². The third-order valence-electron chi connectivity index (χ3n) is 3.95. The van der Waals surface area contributed by atoms with Crippen molar-refractivity contribution in [3.63, 3.8) is 0 Å². The molecular formula is C17H21NO4. The van der Waals surface area contributed by atoms with Gasteiger partial charge in [-0.15, -0.1) is 0 Å². The molecule has 1 saturated carbocycles. The summed E-state index contributed by atoms with van der Waals surface area (Å²) in [5, 5.41) is 9.12. The molecule has 0 N–H and O–H groups in total. The van der Waals surface area contributed by atoms with Crippen molar-refractivity contribution in [1.29, 1.82) is 5.26 Å². The molecule has 118 valence electrons. The molecule has 0 aromatic heterocycles. The molecule has 0 heterocycles. The van der Waals surface area contributed by atoms with Crippen LogP contribution < -0.4 is 9.47 Å². The number of hydrogen-bond donors (Lipinski definition) is 0. The molecule has 0 aliphatic heterocycles. The number of rotatable bonds is 5. The van der Waals surface area contributed by atoms with Crippen molar-refractivity contribution < 1.29 is 19.0 Å². The number of hydrogen-bond acceptors (Lipinski definition) is 5. The van der Waals surface area contributed by atoms with Crippen LogP contribution in [-0.4, -0.2) is 26.3 Å². The second-order valence-electron chi connectivity index (χ2n) is 5.41. The van der Waals surface area contributed by atoms with Gasteiger partial charge in [0, 0.05) is 0 Å². The van der Waals surface area contributed by atoms with E-state index in [2.05, 4.69) is 6.07 Å². The third-order valence-corrected chi connectivity index (χ3v) is 3.95. The van der Waals surface area contributed by atoms with Crippen molar-refractivity contribution in [1.82, 2.24) is 0 Å². The lowest BCUT2D eigenvalue weighted by Gasteiger charge is -2.26. The fourth-order valence-electron chi connectivity index (χ4n) is 2.75. The number of ether oxygens (including phenoxy) is 3. The Hall–Kier alpha value is -2.22. The van der Waals surface area contributed by atoms with Gasteiger partial charge in [0.1, 0.15) is 6.10 Å². The molecule has 0 unspecified atom stereocenters. The fraction of sp³-hybridized carbons (Fsp3) is 0.529. The van der Waals surface area contributed by atoms with Crippen molar-refractivity contribution in [2.24, 2.45) is 5.92 Å². The second kappa shape index (κ2) is 7.69. The maximum Gasteiger partial charge on any atom is 0.310 e. The van der Waals surface area contributed by atoms with Crippen LogP contribution in [0.1, 0.15) is 31.2 Å². The van der Waals surface area contributed by atoms with Crippen molar-refractivity contribution in [3.05, 3.63) is 23.8 Å². The molecule has 5 nitrogen and oxygen atoms in total. The van der Waals surface area contributed by atoms with Crippen LogP contribution in [0.3, 0.4) is 0 Å². The maximum absolute atomic E-state index is 12.1. The second-order valence-corrected chi connectivity index (χ2v) is 5.41. The van der Waals surface area contributed by atoms with Gasteiger partial charge < -0.3 is 14.2 Å². The first kappa shape index (κ1) is 16.2. The van der Waals surface area contributed by atoms with Gasteiger partial charge in [-0.25, -0.2) is 0 Å². The summed E-state index contributed by atoms with van der Waals surface area (Å²) in [6, 6.07) is 7.58. The number of carbonyl (C=O) groups excluding carboxylic acids is 1. The highest BCUT2D eigenvalue weighted by Crippen LogP contribution is 2.29. The molecule has 22 heavy (non-hydrogen) atoms. The smallest absolute Gasteiger partial charge is 0.310 e. The first-order valence-electron chi connectivity index (χ1n) is 7.48. The van der Waals surface area contributed by atoms with E-state index in [4.69, 9.17) is 19.5 Å². The summed E-state index contributed by atoms with van der Waals surface area (Å²) < 4.78 is 15.9. The van der Waals surface area contributed by atoms with Gasteiger partial charge >= 0.3 is 5.97 Å². The standard InChI is InChI=1S/C17H21NO4/c1-20-15-8-7-12(9-16(15)21-2)10-17(19)22-14-6-4-3-5-13(14)11-18/h7-9,13-14H,3-6,10H2,1-2H3/t13-,14-/m1/s1. The summed E-state index contributed by atoms with van der Waals surface area (Å²) in [4.78, 5) is 12.1. The predicted octanol–water partition coefficient (Wildman–Crippen LogP) is 2.87. The topological polar surface area (TPSA) is 68.5 Å². The summed E-state index contributed by atoms with van der Waals surface area (Å²) in [6.07, 6.45) is 3.51. The lowest BCUT2D eigenvalue weighted by atomic mass is 9.87. The molecule has 1 fully saturated rings. The van der Waals surface area contributed by atoms with Crippen LogP contribution >= 0.6 is 0 Å². The molecule has 1 aromatic rings. The van der Waals surface area contributed by atoms with Gasteiger partial charge in [0.2, 0.25) is 0 Å². The highest BCUT2D eigenvalue weighted by atomic mass is 16.5. The van der Waals surface area contributed by atoms with Crippen LogP contribution in [0.25, 0.3) is 0 Å². The molecule has 0 saturated heterocycles. The third kappa shape index (κ3) is 3.91. The van der Waals surface area contributed by atoms with Crippen molar-refractivity contribution in [2.45, 2.75) is 38.2 Å². The monoisotopic (exact) mass is 303 g/mol. The van der Waals surface area contributed by atoms with E-state index in [0.29, 0.717) is 11.5 Å². The molecule has 1 aliphatic carbocycles. The van der Waals surface area contributed by atoms with E-state index in [1.165, 1.54) is 0 Å². The quantitative estimate of drug-likeness (QED) is 0.782. The maximum atomic E-state index is 12.1. The molecule has 2 atom stereocenters. The zero-order chi connectivity index (χ0) is 15.9. The van der Waals surface area contributed by atoms with E-state index in [9.17, 15) is 4.79 Å². The average Bonchev–Trinajstić information content (AvgIpc) is 2.55. The molecule has 1 aliphatic rings. The number of esters is 1. The Balaban J connectivity index is 1.98. The molecule has 1 aromatic carbocycles. The van der Waals surface area contributed by atoms with Crippen molar-refractivity contribution >= 4 is 5.97 Å². The summed E-state index contributed by atoms with van der Waals surface area (Å²) in [7, 11) is 3.12. The van der Waals surface area contributed by atoms with Crippen molar-refractivity contribution in [2.75, 3.05) is 14.2 Å². The minimum atomic E-state index is -0.306. The first-order valence-corrected chi connectivity index (χ1v) is 7.48. The summed E-state index contributed by atoms with van der Waals surface area (Å²) in [5.74, 6) is 0.722.